The molecule has 156 valence electrons. The van der Waals surface area contributed by atoms with E-state index in [0.717, 1.165) is 5.56 Å². The lowest BCUT2D eigenvalue weighted by molar-refractivity contribution is -0.142. The quantitative estimate of drug-likeness (QED) is 0.484. The summed E-state index contributed by atoms with van der Waals surface area (Å²) in [6.45, 7) is 2.08. The maximum absolute atomic E-state index is 13.4. The van der Waals surface area contributed by atoms with Crippen molar-refractivity contribution in [2.24, 2.45) is 0 Å². The first-order valence-corrected chi connectivity index (χ1v) is 9.66. The fraction of sp³-hybridized carbons (Fsp3) is 0.130. The maximum atomic E-state index is 13.4. The molecule has 0 bridgehead atoms. The minimum Gasteiger partial charge on any atom is -0.478 e. The molecule has 0 saturated carbocycles. The van der Waals surface area contributed by atoms with E-state index in [9.17, 15) is 14.4 Å². The molecule has 0 atom stereocenters. The number of aromatic carboxylic acids is 1. The van der Waals surface area contributed by atoms with E-state index in [2.05, 4.69) is 4.98 Å². The number of pyridine rings is 1. The van der Waals surface area contributed by atoms with Gasteiger partial charge in [-0.05, 0) is 61.0 Å². The summed E-state index contributed by atoms with van der Waals surface area (Å²) in [5, 5.41) is 9.12. The van der Waals surface area contributed by atoms with Crippen LogP contribution >= 0.6 is 0 Å². The molecule has 4 rings (SSSR count). The van der Waals surface area contributed by atoms with Gasteiger partial charge in [-0.25, -0.2) is 19.1 Å². The van der Waals surface area contributed by atoms with Gasteiger partial charge in [0.25, 0.3) is 0 Å². The molecule has 31 heavy (non-hydrogen) atoms. The molecule has 0 fully saturated rings. The number of carboxylic acids is 1. The number of imidazole rings is 1. The Morgan fingerprint density at radius 1 is 0.968 bits per heavy atom. The Kier molecular flexibility index (Phi) is 5.36. The maximum Gasteiger partial charge on any atom is 0.339 e. The first-order valence-electron chi connectivity index (χ1n) is 9.66. The number of benzene rings is 2. The fourth-order valence-corrected chi connectivity index (χ4v) is 3.41. The van der Waals surface area contributed by atoms with Gasteiger partial charge in [-0.15, -0.1) is 0 Å². The minimum absolute atomic E-state index is 0.135. The van der Waals surface area contributed by atoms with E-state index in [1.807, 2.05) is 0 Å². The summed E-state index contributed by atoms with van der Waals surface area (Å²) in [6.07, 6.45) is 1.75. The standard InChI is InChI=1S/C23H19N3O5/c1-2-31-20(27)14-15-5-9-18(10-6-15)26-21-19(4-3-13-24-21)25(23(26)30)17-11-7-16(8-12-17)22(28)29/h3-13H,2,14H2,1H3,(H,28,29). The van der Waals surface area contributed by atoms with Crippen LogP contribution in [0.2, 0.25) is 0 Å². The summed E-state index contributed by atoms with van der Waals surface area (Å²) < 4.78 is 7.94. The van der Waals surface area contributed by atoms with Crippen LogP contribution < -0.4 is 5.69 Å². The average Bonchev–Trinajstić information content (AvgIpc) is 3.06. The van der Waals surface area contributed by atoms with Crippen LogP contribution in [0.5, 0.6) is 0 Å². The van der Waals surface area contributed by atoms with Crippen molar-refractivity contribution in [3.8, 4) is 11.4 Å². The van der Waals surface area contributed by atoms with Crippen molar-refractivity contribution in [3.05, 3.63) is 88.5 Å². The number of hydrogen-bond donors (Lipinski definition) is 1. The summed E-state index contributed by atoms with van der Waals surface area (Å²) in [7, 11) is 0. The van der Waals surface area contributed by atoms with E-state index in [1.54, 1.807) is 61.7 Å². The van der Waals surface area contributed by atoms with Crippen LogP contribution in [-0.2, 0) is 16.0 Å². The third-order valence-corrected chi connectivity index (χ3v) is 4.82. The molecule has 8 nitrogen and oxygen atoms in total. The zero-order valence-electron chi connectivity index (χ0n) is 16.7. The van der Waals surface area contributed by atoms with Crippen LogP contribution in [-0.4, -0.2) is 37.8 Å². The number of carboxylic acid groups (broad SMARTS) is 1. The van der Waals surface area contributed by atoms with Gasteiger partial charge < -0.3 is 9.84 Å². The van der Waals surface area contributed by atoms with Gasteiger partial charge in [-0.3, -0.25) is 9.36 Å². The van der Waals surface area contributed by atoms with Crippen LogP contribution in [0, 0.1) is 0 Å². The first-order chi connectivity index (χ1) is 15.0. The lowest BCUT2D eigenvalue weighted by Gasteiger charge is -2.05. The van der Waals surface area contributed by atoms with E-state index in [4.69, 9.17) is 9.84 Å². The summed E-state index contributed by atoms with van der Waals surface area (Å²) >= 11 is 0. The monoisotopic (exact) mass is 417 g/mol. The van der Waals surface area contributed by atoms with E-state index >= 15 is 0 Å². The largest absolute Gasteiger partial charge is 0.478 e. The van der Waals surface area contributed by atoms with Crippen LogP contribution in [0.1, 0.15) is 22.8 Å². The van der Waals surface area contributed by atoms with Crippen LogP contribution in [0.3, 0.4) is 0 Å². The Morgan fingerprint density at radius 2 is 1.61 bits per heavy atom. The molecule has 0 aliphatic carbocycles. The normalized spacial score (nSPS) is 10.9. The van der Waals surface area contributed by atoms with Crippen molar-refractivity contribution >= 4 is 23.1 Å². The molecule has 2 aromatic carbocycles. The molecule has 8 heteroatoms. The van der Waals surface area contributed by atoms with Gasteiger partial charge in [-0.1, -0.05) is 12.1 Å². The number of aromatic nitrogens is 3. The Balaban J connectivity index is 1.79. The molecule has 2 heterocycles. The molecule has 4 aromatic rings. The Labute approximate surface area is 177 Å². The highest BCUT2D eigenvalue weighted by molar-refractivity contribution is 5.88. The van der Waals surface area contributed by atoms with E-state index in [-0.39, 0.29) is 23.6 Å². The summed E-state index contributed by atoms with van der Waals surface area (Å²) in [6, 6.07) is 16.6. The van der Waals surface area contributed by atoms with Crippen molar-refractivity contribution in [2.75, 3.05) is 6.61 Å². The summed E-state index contributed by atoms with van der Waals surface area (Å²) in [5.74, 6) is -1.35. The molecule has 0 aliphatic heterocycles. The van der Waals surface area contributed by atoms with Gasteiger partial charge in [0, 0.05) is 6.20 Å². The Bertz CT molecular complexity index is 1320. The number of fused-ring (bicyclic) bond motifs is 1. The highest BCUT2D eigenvalue weighted by Crippen LogP contribution is 2.20. The second kappa shape index (κ2) is 8.27. The highest BCUT2D eigenvalue weighted by atomic mass is 16.5. The fourth-order valence-electron chi connectivity index (χ4n) is 3.41. The number of hydrogen-bond acceptors (Lipinski definition) is 5. The smallest absolute Gasteiger partial charge is 0.339 e. The van der Waals surface area contributed by atoms with Crippen molar-refractivity contribution in [3.63, 3.8) is 0 Å². The Hall–Kier alpha value is -4.20. The molecular formula is C23H19N3O5. The molecule has 0 saturated heterocycles. The van der Waals surface area contributed by atoms with Gasteiger partial charge in [0.15, 0.2) is 5.65 Å². The SMILES string of the molecule is CCOC(=O)Cc1ccc(-n2c(=O)n(-c3ccc(C(=O)O)cc3)c3cccnc32)cc1. The van der Waals surface area contributed by atoms with E-state index in [1.165, 1.54) is 21.3 Å². The number of carbonyl (C=O) groups excluding carboxylic acids is 1. The lowest BCUT2D eigenvalue weighted by Crippen LogP contribution is -2.22. The third-order valence-electron chi connectivity index (χ3n) is 4.82. The van der Waals surface area contributed by atoms with Crippen molar-refractivity contribution in [2.45, 2.75) is 13.3 Å². The van der Waals surface area contributed by atoms with Crippen molar-refractivity contribution < 1.29 is 19.4 Å². The topological polar surface area (TPSA) is 103 Å². The van der Waals surface area contributed by atoms with Gasteiger partial charge >= 0.3 is 17.6 Å². The molecule has 0 aliphatic rings. The number of carbonyl (C=O) groups is 2. The molecule has 0 radical (unpaired) electrons. The molecular weight excluding hydrogens is 398 g/mol. The average molecular weight is 417 g/mol. The van der Waals surface area contributed by atoms with E-state index in [0.29, 0.717) is 29.1 Å². The second-order valence-electron chi connectivity index (χ2n) is 6.80. The predicted molar refractivity (Wildman–Crippen MR) is 114 cm³/mol. The molecule has 2 aromatic heterocycles. The number of esters is 1. The van der Waals surface area contributed by atoms with Crippen molar-refractivity contribution in [1.29, 1.82) is 0 Å². The van der Waals surface area contributed by atoms with Gasteiger partial charge in [0.1, 0.15) is 0 Å². The summed E-state index contributed by atoms with van der Waals surface area (Å²) in [5.41, 5.74) is 2.76. The molecule has 0 amide bonds. The number of ether oxygens (including phenoxy) is 1. The number of nitrogens with zero attached hydrogens (tertiary/aromatic N) is 3. The minimum atomic E-state index is -1.04. The zero-order chi connectivity index (χ0) is 22.0. The number of rotatable bonds is 6. The second-order valence-corrected chi connectivity index (χ2v) is 6.80. The zero-order valence-corrected chi connectivity index (χ0v) is 16.7. The van der Waals surface area contributed by atoms with Crippen molar-refractivity contribution in [1.82, 2.24) is 14.1 Å². The molecule has 1 N–H and O–H groups in total. The Morgan fingerprint density at radius 3 is 2.26 bits per heavy atom. The van der Waals surface area contributed by atoms with Crippen LogP contribution in [0.15, 0.2) is 71.7 Å². The molecule has 0 spiro atoms. The first kappa shape index (κ1) is 20.1. The van der Waals surface area contributed by atoms with Crippen LogP contribution in [0.4, 0.5) is 0 Å². The lowest BCUT2D eigenvalue weighted by atomic mass is 10.1. The molecule has 0 unspecified atom stereocenters. The highest BCUT2D eigenvalue weighted by Gasteiger charge is 2.17. The third kappa shape index (κ3) is 3.83. The van der Waals surface area contributed by atoms with Crippen LogP contribution in [0.25, 0.3) is 22.5 Å². The predicted octanol–water partition coefficient (Wildman–Crippen LogP) is 2.98. The van der Waals surface area contributed by atoms with Gasteiger partial charge in [-0.2, -0.15) is 0 Å². The van der Waals surface area contributed by atoms with Gasteiger partial charge in [0.2, 0.25) is 0 Å². The summed E-state index contributed by atoms with van der Waals surface area (Å²) in [4.78, 5) is 40.6. The van der Waals surface area contributed by atoms with Gasteiger partial charge in [0.05, 0.1) is 35.5 Å². The van der Waals surface area contributed by atoms with E-state index < -0.39 is 5.97 Å².